The Morgan fingerprint density at radius 2 is 2.00 bits per heavy atom. The van der Waals surface area contributed by atoms with E-state index in [1.807, 2.05) is 4.68 Å². The fourth-order valence-electron chi connectivity index (χ4n) is 2.45. The van der Waals surface area contributed by atoms with Crippen LogP contribution in [-0.4, -0.2) is 29.1 Å². The number of hydrogen-bond acceptors (Lipinski definition) is 2. The van der Waals surface area contributed by atoms with E-state index in [1.54, 1.807) is 0 Å². The number of hydrogen-bond donors (Lipinski definition) is 1. The highest BCUT2D eigenvalue weighted by Gasteiger charge is 2.39. The molecule has 1 atom stereocenters. The van der Waals surface area contributed by atoms with Gasteiger partial charge in [0, 0.05) is 11.8 Å². The van der Waals surface area contributed by atoms with Crippen molar-refractivity contribution in [3.63, 3.8) is 0 Å². The number of rotatable bonds is 6. The number of carbonyl (C=O) groups excluding carboxylic acids is 1. The molecule has 1 amide bonds. The second-order valence-electron chi connectivity index (χ2n) is 5.52. The van der Waals surface area contributed by atoms with Crippen LogP contribution >= 0.6 is 0 Å². The Labute approximate surface area is 110 Å². The molecule has 1 unspecified atom stereocenters. The van der Waals surface area contributed by atoms with E-state index in [-0.39, 0.29) is 12.1 Å². The lowest BCUT2D eigenvalue weighted by atomic mass is 9.97. The molecule has 0 aliphatic carbocycles. The predicted molar refractivity (Wildman–Crippen MR) is 72.4 cm³/mol. The van der Waals surface area contributed by atoms with Gasteiger partial charge >= 0.3 is 0 Å². The number of amides is 1. The summed E-state index contributed by atoms with van der Waals surface area (Å²) in [6, 6.07) is 0. The molecule has 1 rings (SSSR count). The third-order valence-electron chi connectivity index (χ3n) is 3.16. The van der Waals surface area contributed by atoms with Crippen LogP contribution in [0.2, 0.25) is 0 Å². The summed E-state index contributed by atoms with van der Waals surface area (Å²) in [4.78, 5) is 11.6. The van der Waals surface area contributed by atoms with Crippen LogP contribution in [0.25, 0.3) is 0 Å². The van der Waals surface area contributed by atoms with Crippen LogP contribution in [0.5, 0.6) is 0 Å². The molecule has 104 valence electrons. The molecule has 0 bridgehead atoms. The van der Waals surface area contributed by atoms with Gasteiger partial charge in [-0.15, -0.1) is 5.43 Å². The molecule has 1 aliphatic heterocycles. The van der Waals surface area contributed by atoms with Crippen molar-refractivity contribution in [1.29, 1.82) is 0 Å². The molecule has 4 nitrogen and oxygen atoms in total. The van der Waals surface area contributed by atoms with Gasteiger partial charge in [0.1, 0.15) is 6.42 Å². The molecule has 1 saturated heterocycles. The molecule has 0 aromatic rings. The first-order valence-corrected chi connectivity index (χ1v) is 7.04. The van der Waals surface area contributed by atoms with E-state index in [1.165, 1.54) is 5.71 Å². The van der Waals surface area contributed by atoms with E-state index in [0.717, 1.165) is 19.4 Å². The lowest BCUT2D eigenvalue weighted by Gasteiger charge is -2.15. The first-order valence-electron chi connectivity index (χ1n) is 7.04. The largest absolute Gasteiger partial charge is 0.319 e. The van der Waals surface area contributed by atoms with Crippen LogP contribution < -0.4 is 5.43 Å². The van der Waals surface area contributed by atoms with Crippen molar-refractivity contribution in [2.75, 3.05) is 6.61 Å². The Hall–Kier alpha value is -0.900. The van der Waals surface area contributed by atoms with E-state index >= 15 is 0 Å². The Morgan fingerprint density at radius 1 is 1.39 bits per heavy atom. The number of nitrogens with one attached hydrogen (secondary N) is 1. The summed E-state index contributed by atoms with van der Waals surface area (Å²) in [5.74, 6) is 0.858. The smallest absolute Gasteiger partial charge is 0.294 e. The zero-order chi connectivity index (χ0) is 13.7. The van der Waals surface area contributed by atoms with Gasteiger partial charge in [-0.25, -0.2) is 0 Å². The maximum atomic E-state index is 11.6. The standard InChI is InChI=1S/C14H26N2O2/c1-6-7-8-18-13-9-12(17)15-16(13)14(10(2)3)11(4)5/h10-11,13H,6-9H2,1-5H3/p+1. The van der Waals surface area contributed by atoms with Gasteiger partial charge in [-0.05, 0) is 6.42 Å². The van der Waals surface area contributed by atoms with Crippen molar-refractivity contribution in [3.05, 3.63) is 0 Å². The average Bonchev–Trinajstić information content (AvgIpc) is 2.59. The van der Waals surface area contributed by atoms with E-state index < -0.39 is 0 Å². The summed E-state index contributed by atoms with van der Waals surface area (Å²) in [6.45, 7) is 11.5. The van der Waals surface area contributed by atoms with Gasteiger partial charge in [0.25, 0.3) is 12.1 Å². The van der Waals surface area contributed by atoms with Crippen LogP contribution in [-0.2, 0) is 9.53 Å². The van der Waals surface area contributed by atoms with Crippen molar-refractivity contribution in [3.8, 4) is 0 Å². The van der Waals surface area contributed by atoms with Crippen molar-refractivity contribution >= 4 is 11.6 Å². The van der Waals surface area contributed by atoms with E-state index in [0.29, 0.717) is 18.3 Å². The van der Waals surface area contributed by atoms with Gasteiger partial charge in [0.05, 0.1) is 6.61 Å². The summed E-state index contributed by atoms with van der Waals surface area (Å²) in [5, 5.41) is 0. The van der Waals surface area contributed by atoms with Crippen LogP contribution in [0.1, 0.15) is 53.9 Å². The fourth-order valence-corrected chi connectivity index (χ4v) is 2.45. The molecule has 4 heteroatoms. The minimum absolute atomic E-state index is 0.0512. The monoisotopic (exact) mass is 255 g/mol. The molecule has 18 heavy (non-hydrogen) atoms. The number of ether oxygens (including phenoxy) is 1. The van der Waals surface area contributed by atoms with Crippen LogP contribution in [0, 0.1) is 11.8 Å². The summed E-state index contributed by atoms with van der Waals surface area (Å²) in [6.07, 6.45) is 2.45. The molecule has 0 saturated carbocycles. The lowest BCUT2D eigenvalue weighted by Crippen LogP contribution is -2.40. The fraction of sp³-hybridized carbons (Fsp3) is 0.857. The number of unbranched alkanes of at least 4 members (excludes halogenated alkanes) is 1. The Morgan fingerprint density at radius 3 is 2.50 bits per heavy atom. The first kappa shape index (κ1) is 15.2. The van der Waals surface area contributed by atoms with Crippen LogP contribution in [0.3, 0.4) is 0 Å². The zero-order valence-electron chi connectivity index (χ0n) is 12.3. The maximum Gasteiger partial charge on any atom is 0.294 e. The van der Waals surface area contributed by atoms with E-state index in [9.17, 15) is 4.79 Å². The van der Waals surface area contributed by atoms with Crippen LogP contribution in [0.15, 0.2) is 0 Å². The van der Waals surface area contributed by atoms with Crippen molar-refractivity contribution in [2.45, 2.75) is 60.1 Å². The summed E-state index contributed by atoms with van der Waals surface area (Å²) in [7, 11) is 0. The Balaban J connectivity index is 2.87. The van der Waals surface area contributed by atoms with E-state index in [4.69, 9.17) is 4.74 Å². The third-order valence-corrected chi connectivity index (χ3v) is 3.16. The quantitative estimate of drug-likeness (QED) is 0.584. The predicted octanol–water partition coefficient (Wildman–Crippen LogP) is 2.33. The normalized spacial score (nSPS) is 19.8. The first-order chi connectivity index (χ1) is 8.47. The zero-order valence-corrected chi connectivity index (χ0v) is 12.3. The highest BCUT2D eigenvalue weighted by Crippen LogP contribution is 2.15. The van der Waals surface area contributed by atoms with Crippen molar-refractivity contribution in [2.24, 2.45) is 11.8 Å². The Kier molecular flexibility index (Phi) is 5.79. The van der Waals surface area contributed by atoms with Crippen LogP contribution in [0.4, 0.5) is 0 Å². The number of nitrogens with zero attached hydrogens (tertiary/aromatic N) is 1. The minimum Gasteiger partial charge on any atom is -0.319 e. The summed E-state index contributed by atoms with van der Waals surface area (Å²) in [5.41, 5.74) is 4.16. The molecular weight excluding hydrogens is 228 g/mol. The molecule has 1 heterocycles. The van der Waals surface area contributed by atoms with Gasteiger partial charge in [0.15, 0.2) is 5.71 Å². The molecule has 0 aromatic heterocycles. The Bertz CT molecular complexity index is 312. The SMILES string of the molecule is CCCCOC1CC(=O)N[N+]1=C(C(C)C)C(C)C. The topological polar surface area (TPSA) is 41.3 Å². The highest BCUT2D eigenvalue weighted by atomic mass is 16.5. The molecule has 1 N–H and O–H groups in total. The maximum absolute atomic E-state index is 11.6. The lowest BCUT2D eigenvalue weighted by molar-refractivity contribution is -0.638. The number of carbonyl (C=O) groups is 1. The van der Waals surface area contributed by atoms with Gasteiger partial charge in [-0.3, -0.25) is 4.79 Å². The molecule has 0 aromatic carbocycles. The summed E-state index contributed by atoms with van der Waals surface area (Å²) < 4.78 is 7.78. The number of hydrazine groups is 1. The molecular formula is C14H27N2O2+. The van der Waals surface area contributed by atoms with Gasteiger partial charge in [0.2, 0.25) is 0 Å². The van der Waals surface area contributed by atoms with Gasteiger partial charge in [-0.1, -0.05) is 45.7 Å². The number of hydrazone groups is 1. The van der Waals surface area contributed by atoms with Crippen molar-refractivity contribution in [1.82, 2.24) is 5.43 Å². The van der Waals surface area contributed by atoms with Crippen molar-refractivity contribution < 1.29 is 14.2 Å². The molecule has 1 aliphatic rings. The van der Waals surface area contributed by atoms with Gasteiger partial charge < -0.3 is 4.74 Å². The van der Waals surface area contributed by atoms with E-state index in [2.05, 4.69) is 40.0 Å². The third kappa shape index (κ3) is 3.80. The molecule has 0 radical (unpaired) electrons. The second kappa shape index (κ2) is 6.88. The second-order valence-corrected chi connectivity index (χ2v) is 5.52. The minimum atomic E-state index is -0.135. The van der Waals surface area contributed by atoms with Gasteiger partial charge in [-0.2, -0.15) is 0 Å². The molecule has 1 fully saturated rings. The highest BCUT2D eigenvalue weighted by molar-refractivity contribution is 5.85. The molecule has 0 spiro atoms. The average molecular weight is 255 g/mol. The summed E-state index contributed by atoms with van der Waals surface area (Å²) >= 11 is 0.